The molecule has 0 radical (unpaired) electrons. The lowest BCUT2D eigenvalue weighted by Gasteiger charge is -2.03. The average molecular weight is 238 g/mol. The van der Waals surface area contributed by atoms with Crippen LogP contribution >= 0.6 is 0 Å². The van der Waals surface area contributed by atoms with Crippen LogP contribution in [0.2, 0.25) is 0 Å². The van der Waals surface area contributed by atoms with Gasteiger partial charge in [0.1, 0.15) is 11.4 Å². The number of aromatic nitrogens is 2. The van der Waals surface area contributed by atoms with Crippen LogP contribution in [0.4, 0.5) is 0 Å². The van der Waals surface area contributed by atoms with Crippen molar-refractivity contribution in [3.8, 4) is 17.0 Å². The smallest absolute Gasteiger partial charge is 0.140 e. The molecule has 0 amide bonds. The van der Waals surface area contributed by atoms with Gasteiger partial charge in [0.05, 0.1) is 19.0 Å². The number of methoxy groups -OCH3 is 1. The van der Waals surface area contributed by atoms with Gasteiger partial charge in [0.15, 0.2) is 0 Å². The number of fused-ring (bicyclic) bond motifs is 1. The number of benzene rings is 1. The predicted octanol–water partition coefficient (Wildman–Crippen LogP) is 3.25. The van der Waals surface area contributed by atoms with Gasteiger partial charge in [-0.1, -0.05) is 30.3 Å². The Balaban J connectivity index is 2.23. The topological polar surface area (TPSA) is 27.1 Å². The summed E-state index contributed by atoms with van der Waals surface area (Å²) in [5.41, 5.74) is 3.32. The van der Waals surface area contributed by atoms with Crippen molar-refractivity contribution >= 4 is 11.0 Å². The van der Waals surface area contributed by atoms with E-state index in [1.54, 1.807) is 13.3 Å². The molecule has 1 aromatic carbocycles. The molecule has 3 heteroatoms. The van der Waals surface area contributed by atoms with Gasteiger partial charge in [-0.25, -0.2) is 4.98 Å². The Labute approximate surface area is 106 Å². The van der Waals surface area contributed by atoms with Crippen molar-refractivity contribution in [1.29, 1.82) is 0 Å². The van der Waals surface area contributed by atoms with Crippen molar-refractivity contribution in [2.75, 3.05) is 7.11 Å². The largest absolute Gasteiger partial charge is 0.495 e. The minimum absolute atomic E-state index is 0.785. The van der Waals surface area contributed by atoms with Gasteiger partial charge in [-0.05, 0) is 17.7 Å². The van der Waals surface area contributed by atoms with Crippen molar-refractivity contribution in [3.05, 3.63) is 48.7 Å². The van der Waals surface area contributed by atoms with Crippen molar-refractivity contribution in [2.24, 2.45) is 7.05 Å². The molecule has 0 aliphatic rings. The van der Waals surface area contributed by atoms with Gasteiger partial charge in [-0.2, -0.15) is 0 Å². The molecule has 2 heterocycles. The second-order valence-corrected chi connectivity index (χ2v) is 4.24. The highest BCUT2D eigenvalue weighted by Crippen LogP contribution is 2.27. The van der Waals surface area contributed by atoms with Gasteiger partial charge in [-0.3, -0.25) is 0 Å². The van der Waals surface area contributed by atoms with Crippen LogP contribution in [-0.2, 0) is 7.05 Å². The molecule has 0 aliphatic heterocycles. The Bertz CT molecular complexity index is 686. The first kappa shape index (κ1) is 10.8. The molecule has 0 unspecified atom stereocenters. The van der Waals surface area contributed by atoms with Gasteiger partial charge in [0.2, 0.25) is 0 Å². The van der Waals surface area contributed by atoms with Gasteiger partial charge >= 0.3 is 0 Å². The van der Waals surface area contributed by atoms with Crippen LogP contribution in [0.5, 0.6) is 5.75 Å². The third-order valence-electron chi connectivity index (χ3n) is 3.15. The zero-order valence-electron chi connectivity index (χ0n) is 10.4. The van der Waals surface area contributed by atoms with Crippen LogP contribution in [0.25, 0.3) is 22.3 Å². The fourth-order valence-corrected chi connectivity index (χ4v) is 2.20. The van der Waals surface area contributed by atoms with Crippen molar-refractivity contribution in [1.82, 2.24) is 9.55 Å². The summed E-state index contributed by atoms with van der Waals surface area (Å²) < 4.78 is 7.31. The van der Waals surface area contributed by atoms with Crippen LogP contribution in [0.1, 0.15) is 0 Å². The Morgan fingerprint density at radius 2 is 1.89 bits per heavy atom. The van der Waals surface area contributed by atoms with E-state index in [9.17, 15) is 0 Å². The maximum Gasteiger partial charge on any atom is 0.140 e. The summed E-state index contributed by atoms with van der Waals surface area (Å²) in [4.78, 5) is 4.44. The van der Waals surface area contributed by atoms with Crippen molar-refractivity contribution in [2.45, 2.75) is 0 Å². The molecule has 0 atom stereocenters. The number of aryl methyl sites for hydroxylation is 1. The van der Waals surface area contributed by atoms with Gasteiger partial charge in [0, 0.05) is 12.4 Å². The van der Waals surface area contributed by atoms with Crippen molar-refractivity contribution in [3.63, 3.8) is 0 Å². The molecule has 90 valence electrons. The Kier molecular flexibility index (Phi) is 2.52. The molecule has 0 saturated carbocycles. The fourth-order valence-electron chi connectivity index (χ4n) is 2.20. The van der Waals surface area contributed by atoms with E-state index in [0.29, 0.717) is 0 Å². The molecule has 0 aliphatic carbocycles. The van der Waals surface area contributed by atoms with Crippen LogP contribution in [0.3, 0.4) is 0 Å². The number of nitrogens with zero attached hydrogens (tertiary/aromatic N) is 2. The second-order valence-electron chi connectivity index (χ2n) is 4.24. The van der Waals surface area contributed by atoms with E-state index in [1.807, 2.05) is 31.3 Å². The molecule has 2 aromatic heterocycles. The third-order valence-corrected chi connectivity index (χ3v) is 3.15. The lowest BCUT2D eigenvalue weighted by molar-refractivity contribution is 0.413. The molecule has 3 aromatic rings. The van der Waals surface area contributed by atoms with E-state index in [-0.39, 0.29) is 0 Å². The average Bonchev–Trinajstić information content (AvgIpc) is 2.76. The van der Waals surface area contributed by atoms with Gasteiger partial charge in [0.25, 0.3) is 0 Å². The van der Waals surface area contributed by atoms with E-state index in [1.165, 1.54) is 5.56 Å². The fraction of sp³-hybridized carbons (Fsp3) is 0.133. The normalized spacial score (nSPS) is 10.8. The van der Waals surface area contributed by atoms with Crippen molar-refractivity contribution < 1.29 is 4.74 Å². The van der Waals surface area contributed by atoms with E-state index in [0.717, 1.165) is 22.5 Å². The third kappa shape index (κ3) is 1.64. The van der Waals surface area contributed by atoms with Crippen LogP contribution in [0, 0.1) is 0 Å². The summed E-state index contributed by atoms with van der Waals surface area (Å²) in [5, 5.41) is 1.09. The first-order valence-corrected chi connectivity index (χ1v) is 5.84. The van der Waals surface area contributed by atoms with Gasteiger partial charge in [-0.15, -0.1) is 0 Å². The summed E-state index contributed by atoms with van der Waals surface area (Å²) in [6.07, 6.45) is 1.75. The monoisotopic (exact) mass is 238 g/mol. The Hall–Kier alpha value is -2.29. The SMILES string of the molecule is COc1cnc2c(c1)cc(-c1ccccc1)n2C. The molecule has 0 fully saturated rings. The van der Waals surface area contributed by atoms with E-state index >= 15 is 0 Å². The summed E-state index contributed by atoms with van der Waals surface area (Å²) in [6, 6.07) is 14.5. The van der Waals surface area contributed by atoms with E-state index < -0.39 is 0 Å². The summed E-state index contributed by atoms with van der Waals surface area (Å²) in [6.45, 7) is 0. The number of rotatable bonds is 2. The number of hydrogen-bond donors (Lipinski definition) is 0. The summed E-state index contributed by atoms with van der Waals surface area (Å²) >= 11 is 0. The summed E-state index contributed by atoms with van der Waals surface area (Å²) in [7, 11) is 3.69. The first-order valence-electron chi connectivity index (χ1n) is 5.84. The van der Waals surface area contributed by atoms with Crippen LogP contribution in [0.15, 0.2) is 48.7 Å². The van der Waals surface area contributed by atoms with E-state index in [2.05, 4.69) is 27.8 Å². The van der Waals surface area contributed by atoms with E-state index in [4.69, 9.17) is 4.74 Å². The molecule has 18 heavy (non-hydrogen) atoms. The molecule has 0 bridgehead atoms. The molecule has 0 N–H and O–H groups in total. The predicted molar refractivity (Wildman–Crippen MR) is 72.7 cm³/mol. The number of pyridine rings is 1. The Morgan fingerprint density at radius 1 is 1.11 bits per heavy atom. The Morgan fingerprint density at radius 3 is 2.61 bits per heavy atom. The molecule has 0 spiro atoms. The second kappa shape index (κ2) is 4.18. The standard InChI is InChI=1S/C15H14N2O/c1-17-14(11-6-4-3-5-7-11)9-12-8-13(18-2)10-16-15(12)17/h3-10H,1-2H3. The summed E-state index contributed by atoms with van der Waals surface area (Å²) in [5.74, 6) is 0.785. The minimum Gasteiger partial charge on any atom is -0.495 e. The van der Waals surface area contributed by atoms with Gasteiger partial charge < -0.3 is 9.30 Å². The zero-order chi connectivity index (χ0) is 12.5. The zero-order valence-corrected chi connectivity index (χ0v) is 10.4. The van der Waals surface area contributed by atoms with Crippen LogP contribution in [-0.4, -0.2) is 16.7 Å². The van der Waals surface area contributed by atoms with Crippen LogP contribution < -0.4 is 4.74 Å². The highest BCUT2D eigenvalue weighted by molar-refractivity contribution is 5.85. The number of hydrogen-bond acceptors (Lipinski definition) is 2. The molecular formula is C15H14N2O. The first-order chi connectivity index (χ1) is 8.79. The lowest BCUT2D eigenvalue weighted by atomic mass is 10.1. The minimum atomic E-state index is 0.785. The molecule has 3 rings (SSSR count). The number of ether oxygens (including phenoxy) is 1. The lowest BCUT2D eigenvalue weighted by Crippen LogP contribution is -1.93. The molecular weight excluding hydrogens is 224 g/mol. The maximum atomic E-state index is 5.21. The molecule has 3 nitrogen and oxygen atoms in total. The maximum absolute atomic E-state index is 5.21. The highest BCUT2D eigenvalue weighted by Gasteiger charge is 2.09. The molecule has 0 saturated heterocycles. The highest BCUT2D eigenvalue weighted by atomic mass is 16.5. The quantitative estimate of drug-likeness (QED) is 0.685.